The van der Waals surface area contributed by atoms with Gasteiger partial charge >= 0.3 is 5.51 Å². The summed E-state index contributed by atoms with van der Waals surface area (Å²) in [4.78, 5) is 0. The number of benzene rings is 1. The molecular weight excluding hydrogens is 221 g/mol. The highest BCUT2D eigenvalue weighted by molar-refractivity contribution is 8.00. The molecule has 0 bridgehead atoms. The van der Waals surface area contributed by atoms with E-state index >= 15 is 0 Å². The molecule has 1 aliphatic carbocycles. The van der Waals surface area contributed by atoms with Gasteiger partial charge in [-0.3, -0.25) is 0 Å². The van der Waals surface area contributed by atoms with Crippen molar-refractivity contribution in [3.05, 3.63) is 35.4 Å². The summed E-state index contributed by atoms with van der Waals surface area (Å²) >= 11 is 0.120. The van der Waals surface area contributed by atoms with Crippen molar-refractivity contribution < 1.29 is 13.2 Å². The SMILES string of the molecule is FC(F)(F)SC1CCCc2ccccc21. The van der Waals surface area contributed by atoms with Crippen LogP contribution in [0.3, 0.4) is 0 Å². The highest BCUT2D eigenvalue weighted by atomic mass is 32.2. The van der Waals surface area contributed by atoms with Crippen molar-refractivity contribution in [2.75, 3.05) is 0 Å². The average molecular weight is 232 g/mol. The van der Waals surface area contributed by atoms with Crippen LogP contribution in [0.15, 0.2) is 24.3 Å². The van der Waals surface area contributed by atoms with Crippen LogP contribution in [0.25, 0.3) is 0 Å². The highest BCUT2D eigenvalue weighted by Gasteiger charge is 2.35. The second-order valence-electron chi connectivity index (χ2n) is 3.64. The van der Waals surface area contributed by atoms with Crippen LogP contribution in [0, 0.1) is 0 Å². The lowest BCUT2D eigenvalue weighted by molar-refractivity contribution is -0.0335. The summed E-state index contributed by atoms with van der Waals surface area (Å²) in [7, 11) is 0. The zero-order valence-electron chi connectivity index (χ0n) is 8.05. The summed E-state index contributed by atoms with van der Waals surface area (Å²) in [6.45, 7) is 0. The molecule has 0 amide bonds. The van der Waals surface area contributed by atoms with Gasteiger partial charge in [-0.2, -0.15) is 13.2 Å². The topological polar surface area (TPSA) is 0 Å². The van der Waals surface area contributed by atoms with Crippen LogP contribution in [0.1, 0.15) is 29.2 Å². The van der Waals surface area contributed by atoms with E-state index in [0.29, 0.717) is 6.42 Å². The first kappa shape index (κ1) is 10.9. The molecule has 0 aromatic heterocycles. The minimum atomic E-state index is -4.13. The molecule has 0 N–H and O–H groups in total. The van der Waals surface area contributed by atoms with E-state index in [2.05, 4.69) is 0 Å². The summed E-state index contributed by atoms with van der Waals surface area (Å²) in [5, 5.41) is -0.407. The van der Waals surface area contributed by atoms with E-state index in [1.807, 2.05) is 24.3 Å². The number of hydrogen-bond donors (Lipinski definition) is 0. The molecule has 0 saturated heterocycles. The molecule has 1 aromatic rings. The Bertz CT molecular complexity index is 346. The van der Waals surface area contributed by atoms with Gasteiger partial charge in [-0.25, -0.2) is 0 Å². The van der Waals surface area contributed by atoms with E-state index in [0.717, 1.165) is 24.0 Å². The Hall–Kier alpha value is -0.640. The minimum Gasteiger partial charge on any atom is -0.160 e. The molecule has 15 heavy (non-hydrogen) atoms. The molecule has 0 saturated carbocycles. The third-order valence-electron chi connectivity index (χ3n) is 2.59. The summed E-state index contributed by atoms with van der Waals surface area (Å²) < 4.78 is 36.9. The zero-order chi connectivity index (χ0) is 10.9. The smallest absolute Gasteiger partial charge is 0.160 e. The van der Waals surface area contributed by atoms with Crippen molar-refractivity contribution in [2.45, 2.75) is 30.0 Å². The third-order valence-corrected chi connectivity index (χ3v) is 3.63. The lowest BCUT2D eigenvalue weighted by Gasteiger charge is -2.25. The molecule has 0 nitrogen and oxygen atoms in total. The molecule has 1 unspecified atom stereocenters. The van der Waals surface area contributed by atoms with Crippen molar-refractivity contribution in [3.8, 4) is 0 Å². The largest absolute Gasteiger partial charge is 0.442 e. The average Bonchev–Trinajstić information content (AvgIpc) is 2.16. The van der Waals surface area contributed by atoms with E-state index in [4.69, 9.17) is 0 Å². The van der Waals surface area contributed by atoms with E-state index in [1.54, 1.807) is 0 Å². The maximum absolute atomic E-state index is 12.3. The molecule has 2 rings (SSSR count). The first-order valence-corrected chi connectivity index (χ1v) is 5.76. The monoisotopic (exact) mass is 232 g/mol. The Balaban J connectivity index is 2.22. The molecule has 1 aliphatic rings. The van der Waals surface area contributed by atoms with E-state index in [1.165, 1.54) is 0 Å². The summed E-state index contributed by atoms with van der Waals surface area (Å²) in [5.41, 5.74) is -2.19. The predicted molar refractivity (Wildman–Crippen MR) is 55.8 cm³/mol. The van der Waals surface area contributed by atoms with Crippen molar-refractivity contribution in [2.24, 2.45) is 0 Å². The molecule has 0 heterocycles. The Kier molecular flexibility index (Phi) is 2.96. The van der Waals surface area contributed by atoms with Gasteiger partial charge in [-0.05, 0) is 42.2 Å². The van der Waals surface area contributed by atoms with Gasteiger partial charge in [0.05, 0.1) is 0 Å². The molecule has 0 spiro atoms. The molecule has 82 valence electrons. The van der Waals surface area contributed by atoms with E-state index in [-0.39, 0.29) is 11.8 Å². The number of hydrogen-bond acceptors (Lipinski definition) is 1. The number of rotatable bonds is 1. The Morgan fingerprint density at radius 3 is 2.67 bits per heavy atom. The molecule has 4 heteroatoms. The Morgan fingerprint density at radius 1 is 1.20 bits per heavy atom. The first-order valence-electron chi connectivity index (χ1n) is 4.88. The van der Waals surface area contributed by atoms with Gasteiger partial charge < -0.3 is 0 Å². The minimum absolute atomic E-state index is 0.120. The quantitative estimate of drug-likeness (QED) is 0.695. The van der Waals surface area contributed by atoms with Crippen molar-refractivity contribution in [1.82, 2.24) is 0 Å². The van der Waals surface area contributed by atoms with Gasteiger partial charge in [-0.15, -0.1) is 0 Å². The second kappa shape index (κ2) is 4.08. The van der Waals surface area contributed by atoms with Gasteiger partial charge in [0.15, 0.2) is 0 Å². The summed E-state index contributed by atoms with van der Waals surface area (Å²) in [6.07, 6.45) is 2.39. The van der Waals surface area contributed by atoms with Crippen LogP contribution in [0.4, 0.5) is 13.2 Å². The second-order valence-corrected chi connectivity index (χ2v) is 4.91. The molecular formula is C11H11F3S. The van der Waals surface area contributed by atoms with Gasteiger partial charge in [0, 0.05) is 5.25 Å². The van der Waals surface area contributed by atoms with Crippen molar-refractivity contribution >= 4 is 11.8 Å². The van der Waals surface area contributed by atoms with Crippen LogP contribution in [0.2, 0.25) is 0 Å². The maximum atomic E-state index is 12.3. The van der Waals surface area contributed by atoms with Crippen LogP contribution < -0.4 is 0 Å². The number of thioether (sulfide) groups is 1. The van der Waals surface area contributed by atoms with Gasteiger partial charge in [0.1, 0.15) is 0 Å². The first-order chi connectivity index (χ1) is 7.06. The summed E-state index contributed by atoms with van der Waals surface area (Å²) in [5.74, 6) is 0. The fraction of sp³-hybridized carbons (Fsp3) is 0.455. The third kappa shape index (κ3) is 2.68. The lowest BCUT2D eigenvalue weighted by Crippen LogP contribution is -2.12. The molecule has 0 aliphatic heterocycles. The maximum Gasteiger partial charge on any atom is 0.442 e. The van der Waals surface area contributed by atoms with Crippen LogP contribution in [-0.4, -0.2) is 5.51 Å². The standard InChI is InChI=1S/C11H11F3S/c12-11(13,14)15-10-7-3-5-8-4-1-2-6-9(8)10/h1-2,4,6,10H,3,5,7H2. The lowest BCUT2D eigenvalue weighted by atomic mass is 9.91. The predicted octanol–water partition coefficient (Wildman–Crippen LogP) is 4.32. The summed E-state index contributed by atoms with van der Waals surface area (Å²) in [6, 6.07) is 7.45. The van der Waals surface area contributed by atoms with Gasteiger partial charge in [0.2, 0.25) is 0 Å². The fourth-order valence-corrected chi connectivity index (χ4v) is 2.96. The van der Waals surface area contributed by atoms with E-state index in [9.17, 15) is 13.2 Å². The normalized spacial score (nSPS) is 21.1. The zero-order valence-corrected chi connectivity index (χ0v) is 8.87. The number of halogens is 3. The Morgan fingerprint density at radius 2 is 1.93 bits per heavy atom. The van der Waals surface area contributed by atoms with Crippen LogP contribution in [-0.2, 0) is 6.42 Å². The molecule has 1 atom stereocenters. The van der Waals surface area contributed by atoms with Crippen LogP contribution >= 0.6 is 11.8 Å². The number of aryl methyl sites for hydroxylation is 1. The van der Waals surface area contributed by atoms with E-state index < -0.39 is 10.8 Å². The Labute approximate surface area is 90.9 Å². The highest BCUT2D eigenvalue weighted by Crippen LogP contribution is 2.47. The van der Waals surface area contributed by atoms with Crippen LogP contribution in [0.5, 0.6) is 0 Å². The molecule has 0 radical (unpaired) electrons. The van der Waals surface area contributed by atoms with Gasteiger partial charge in [0.25, 0.3) is 0 Å². The number of fused-ring (bicyclic) bond motifs is 1. The number of alkyl halides is 3. The van der Waals surface area contributed by atoms with Gasteiger partial charge in [-0.1, -0.05) is 24.3 Å². The molecule has 0 fully saturated rings. The molecule has 1 aromatic carbocycles. The fourth-order valence-electron chi connectivity index (χ4n) is 1.99. The van der Waals surface area contributed by atoms with Crippen molar-refractivity contribution in [3.63, 3.8) is 0 Å². The van der Waals surface area contributed by atoms with Crippen molar-refractivity contribution in [1.29, 1.82) is 0 Å².